The lowest BCUT2D eigenvalue weighted by Gasteiger charge is -2.01. The third-order valence-corrected chi connectivity index (χ3v) is 3.60. The smallest absolute Gasteiger partial charge is 0.257 e. The molecule has 3 heterocycles. The molecule has 20 heavy (non-hydrogen) atoms. The second-order valence-electron chi connectivity index (χ2n) is 4.88. The average molecular weight is 264 g/mol. The molecule has 0 spiro atoms. The number of rotatable bonds is 1. The number of aromatic nitrogens is 1. The van der Waals surface area contributed by atoms with E-state index in [4.69, 9.17) is 4.74 Å². The number of pyridine rings is 1. The van der Waals surface area contributed by atoms with Crippen molar-refractivity contribution < 1.29 is 9.53 Å². The lowest BCUT2D eigenvalue weighted by molar-refractivity contribution is -0.110. The third kappa shape index (κ3) is 1.69. The Kier molecular flexibility index (Phi) is 2.36. The van der Waals surface area contributed by atoms with Gasteiger partial charge in [0.2, 0.25) is 0 Å². The minimum absolute atomic E-state index is 0.101. The zero-order valence-corrected chi connectivity index (χ0v) is 10.7. The van der Waals surface area contributed by atoms with E-state index >= 15 is 0 Å². The summed E-state index contributed by atoms with van der Waals surface area (Å²) in [6.07, 6.45) is 4.51. The second kappa shape index (κ2) is 4.20. The molecule has 1 amide bonds. The molecular weight excluding hydrogens is 252 g/mol. The minimum Gasteiger partial charge on any atom is -0.493 e. The van der Waals surface area contributed by atoms with E-state index in [0.29, 0.717) is 11.4 Å². The molecule has 0 unspecified atom stereocenters. The van der Waals surface area contributed by atoms with Gasteiger partial charge in [-0.3, -0.25) is 4.79 Å². The van der Waals surface area contributed by atoms with Crippen molar-refractivity contribution >= 4 is 23.4 Å². The van der Waals surface area contributed by atoms with Crippen LogP contribution in [0.5, 0.6) is 5.75 Å². The monoisotopic (exact) mass is 264 g/mol. The number of anilines is 1. The van der Waals surface area contributed by atoms with Crippen LogP contribution < -0.4 is 10.1 Å². The van der Waals surface area contributed by atoms with Gasteiger partial charge < -0.3 is 10.1 Å². The Morgan fingerprint density at radius 1 is 1.30 bits per heavy atom. The zero-order valence-electron chi connectivity index (χ0n) is 10.7. The number of nitrogens with one attached hydrogen (secondary N) is 1. The molecule has 0 bridgehead atoms. The molecule has 0 fully saturated rings. The predicted octanol–water partition coefficient (Wildman–Crippen LogP) is 2.51. The SMILES string of the molecule is O=C1Nc2ncccc2/C1=C\c1ccc2c(c1)CCO2. The van der Waals surface area contributed by atoms with E-state index < -0.39 is 0 Å². The van der Waals surface area contributed by atoms with Gasteiger partial charge in [-0.15, -0.1) is 0 Å². The summed E-state index contributed by atoms with van der Waals surface area (Å²) in [4.78, 5) is 16.2. The number of nitrogens with zero attached hydrogens (tertiary/aromatic N) is 1. The molecule has 2 aromatic rings. The van der Waals surface area contributed by atoms with Gasteiger partial charge in [0.15, 0.2) is 0 Å². The summed E-state index contributed by atoms with van der Waals surface area (Å²) < 4.78 is 5.49. The molecular formula is C16H12N2O2. The van der Waals surface area contributed by atoms with Gasteiger partial charge in [-0.2, -0.15) is 0 Å². The molecule has 1 aromatic heterocycles. The van der Waals surface area contributed by atoms with Crippen LogP contribution in [0.15, 0.2) is 36.5 Å². The molecule has 98 valence electrons. The first-order chi connectivity index (χ1) is 9.81. The normalized spacial score (nSPS) is 17.6. The van der Waals surface area contributed by atoms with E-state index in [1.165, 1.54) is 5.56 Å². The number of hydrogen-bond acceptors (Lipinski definition) is 3. The fourth-order valence-electron chi connectivity index (χ4n) is 2.63. The molecule has 0 saturated carbocycles. The lowest BCUT2D eigenvalue weighted by Crippen LogP contribution is -2.04. The number of carbonyl (C=O) groups is 1. The summed E-state index contributed by atoms with van der Waals surface area (Å²) in [7, 11) is 0. The van der Waals surface area contributed by atoms with Crippen LogP contribution in [0.3, 0.4) is 0 Å². The maximum atomic E-state index is 12.0. The highest BCUT2D eigenvalue weighted by atomic mass is 16.5. The van der Waals surface area contributed by atoms with E-state index in [1.54, 1.807) is 6.20 Å². The fourth-order valence-corrected chi connectivity index (χ4v) is 2.63. The first-order valence-electron chi connectivity index (χ1n) is 6.55. The number of amides is 1. The zero-order chi connectivity index (χ0) is 13.5. The standard InChI is InChI=1S/C16H12N2O2/c19-16-13(12-2-1-6-17-15(12)18-16)9-10-3-4-14-11(8-10)5-7-20-14/h1-4,6,8-9H,5,7H2,(H,17,18,19)/b13-9+. The van der Waals surface area contributed by atoms with E-state index in [9.17, 15) is 4.79 Å². The van der Waals surface area contributed by atoms with Crippen molar-refractivity contribution in [1.29, 1.82) is 0 Å². The maximum Gasteiger partial charge on any atom is 0.257 e. The first kappa shape index (κ1) is 11.2. The lowest BCUT2D eigenvalue weighted by atomic mass is 10.0. The summed E-state index contributed by atoms with van der Waals surface area (Å²) in [6, 6.07) is 9.76. The van der Waals surface area contributed by atoms with Crippen molar-refractivity contribution in [2.45, 2.75) is 6.42 Å². The van der Waals surface area contributed by atoms with Crippen molar-refractivity contribution in [3.63, 3.8) is 0 Å². The molecule has 0 atom stereocenters. The molecule has 1 N–H and O–H groups in total. The third-order valence-electron chi connectivity index (χ3n) is 3.60. The van der Waals surface area contributed by atoms with Crippen molar-refractivity contribution in [2.75, 3.05) is 11.9 Å². The van der Waals surface area contributed by atoms with Crippen LogP contribution in [0.4, 0.5) is 5.82 Å². The Labute approximate surface area is 116 Å². The van der Waals surface area contributed by atoms with E-state index in [1.807, 2.05) is 30.3 Å². The van der Waals surface area contributed by atoms with E-state index in [0.717, 1.165) is 29.9 Å². The molecule has 4 rings (SSSR count). The second-order valence-corrected chi connectivity index (χ2v) is 4.88. The quantitative estimate of drug-likeness (QED) is 0.805. The average Bonchev–Trinajstić information content (AvgIpc) is 3.04. The molecule has 0 radical (unpaired) electrons. The van der Waals surface area contributed by atoms with E-state index in [2.05, 4.69) is 16.4 Å². The van der Waals surface area contributed by atoms with Crippen LogP contribution in [-0.4, -0.2) is 17.5 Å². The summed E-state index contributed by atoms with van der Waals surface area (Å²) >= 11 is 0. The highest BCUT2D eigenvalue weighted by Crippen LogP contribution is 2.32. The number of hydrogen-bond donors (Lipinski definition) is 1. The van der Waals surface area contributed by atoms with Crippen LogP contribution >= 0.6 is 0 Å². The van der Waals surface area contributed by atoms with Crippen LogP contribution in [0.1, 0.15) is 16.7 Å². The Balaban J connectivity index is 1.79. The Bertz CT molecular complexity index is 750. The largest absolute Gasteiger partial charge is 0.493 e. The predicted molar refractivity (Wildman–Crippen MR) is 76.4 cm³/mol. The van der Waals surface area contributed by atoms with Crippen LogP contribution in [-0.2, 0) is 11.2 Å². The molecule has 0 saturated heterocycles. The van der Waals surface area contributed by atoms with Gasteiger partial charge in [0.05, 0.1) is 12.2 Å². The maximum absolute atomic E-state index is 12.0. The van der Waals surface area contributed by atoms with Crippen molar-refractivity contribution in [1.82, 2.24) is 4.98 Å². The molecule has 0 aliphatic carbocycles. The van der Waals surface area contributed by atoms with Crippen molar-refractivity contribution in [3.05, 3.63) is 53.2 Å². The number of carbonyl (C=O) groups excluding carboxylic acids is 1. The number of benzene rings is 1. The van der Waals surface area contributed by atoms with Gasteiger partial charge in [-0.25, -0.2) is 4.98 Å². The van der Waals surface area contributed by atoms with Gasteiger partial charge in [0, 0.05) is 18.2 Å². The first-order valence-corrected chi connectivity index (χ1v) is 6.55. The van der Waals surface area contributed by atoms with Gasteiger partial charge in [0.1, 0.15) is 11.6 Å². The van der Waals surface area contributed by atoms with Gasteiger partial charge >= 0.3 is 0 Å². The molecule has 2 aliphatic heterocycles. The Hall–Kier alpha value is -2.62. The van der Waals surface area contributed by atoms with Crippen LogP contribution in [0.25, 0.3) is 11.6 Å². The Morgan fingerprint density at radius 2 is 2.25 bits per heavy atom. The molecule has 4 nitrogen and oxygen atoms in total. The van der Waals surface area contributed by atoms with Gasteiger partial charge in [0.25, 0.3) is 5.91 Å². The van der Waals surface area contributed by atoms with Crippen molar-refractivity contribution in [2.24, 2.45) is 0 Å². The minimum atomic E-state index is -0.101. The summed E-state index contributed by atoms with van der Waals surface area (Å²) in [5, 5.41) is 2.78. The van der Waals surface area contributed by atoms with E-state index in [-0.39, 0.29) is 5.91 Å². The molecule has 2 aliphatic rings. The molecule has 4 heteroatoms. The number of ether oxygens (including phenoxy) is 1. The summed E-state index contributed by atoms with van der Waals surface area (Å²) in [5.74, 6) is 1.48. The highest BCUT2D eigenvalue weighted by Gasteiger charge is 2.24. The summed E-state index contributed by atoms with van der Waals surface area (Å²) in [6.45, 7) is 0.739. The Morgan fingerprint density at radius 3 is 3.20 bits per heavy atom. The topological polar surface area (TPSA) is 51.2 Å². The number of fused-ring (bicyclic) bond motifs is 2. The van der Waals surface area contributed by atoms with Crippen LogP contribution in [0.2, 0.25) is 0 Å². The summed E-state index contributed by atoms with van der Waals surface area (Å²) in [5.41, 5.74) is 3.72. The fraction of sp³-hybridized carbons (Fsp3) is 0.125. The van der Waals surface area contributed by atoms with Crippen molar-refractivity contribution in [3.8, 4) is 5.75 Å². The van der Waals surface area contributed by atoms with Gasteiger partial charge in [-0.1, -0.05) is 6.07 Å². The molecule has 1 aromatic carbocycles. The van der Waals surface area contributed by atoms with Crippen LogP contribution in [0, 0.1) is 0 Å². The highest BCUT2D eigenvalue weighted by molar-refractivity contribution is 6.34. The van der Waals surface area contributed by atoms with Gasteiger partial charge in [-0.05, 0) is 41.5 Å².